The molecule has 246 valence electrons. The maximum absolute atomic E-state index is 15.2. The minimum absolute atomic E-state index is 0.00664. The minimum atomic E-state index is -4.96. The Labute approximate surface area is 262 Å². The van der Waals surface area contributed by atoms with Crippen molar-refractivity contribution >= 4 is 30.2 Å². The maximum Gasteiger partial charge on any atom is 0.423 e. The number of nitrogens with one attached hydrogen (secondary N) is 2. The number of piperidine rings is 1. The highest BCUT2D eigenvalue weighted by Crippen LogP contribution is 2.39. The van der Waals surface area contributed by atoms with Gasteiger partial charge in [-0.2, -0.15) is 22.7 Å². The molecule has 0 saturated carbocycles. The fourth-order valence-electron chi connectivity index (χ4n) is 4.89. The largest absolute Gasteiger partial charge is 0.495 e. The molecule has 0 bridgehead atoms. The van der Waals surface area contributed by atoms with Gasteiger partial charge in [0.25, 0.3) is 5.91 Å². The SMILES string of the molecule is C=[N+](CCF)C(=O)c1c(CC)cccc1Oc1nc(Nc2cc(F)c(C(=O)NC3CCN(C)CC3)cc2OC)ncc1C(F)(F)F. The number of aromatic nitrogens is 2. The summed E-state index contributed by atoms with van der Waals surface area (Å²) in [5, 5.41) is 5.44. The fourth-order valence-corrected chi connectivity index (χ4v) is 4.89. The van der Waals surface area contributed by atoms with Crippen molar-refractivity contribution in [3.8, 4) is 17.4 Å². The molecule has 3 aromatic rings. The van der Waals surface area contributed by atoms with Crippen LogP contribution in [0, 0.1) is 5.82 Å². The predicted molar refractivity (Wildman–Crippen MR) is 160 cm³/mol. The molecule has 0 aliphatic carbocycles. The lowest BCUT2D eigenvalue weighted by molar-refractivity contribution is -0.420. The van der Waals surface area contributed by atoms with Crippen LogP contribution >= 0.6 is 0 Å². The van der Waals surface area contributed by atoms with Gasteiger partial charge in [0.2, 0.25) is 11.8 Å². The van der Waals surface area contributed by atoms with Gasteiger partial charge in [0.05, 0.1) is 18.4 Å². The van der Waals surface area contributed by atoms with Crippen molar-refractivity contribution in [2.75, 3.05) is 45.8 Å². The van der Waals surface area contributed by atoms with E-state index in [0.717, 1.165) is 23.7 Å². The van der Waals surface area contributed by atoms with E-state index in [1.54, 1.807) is 13.0 Å². The summed E-state index contributed by atoms with van der Waals surface area (Å²) in [7, 11) is 3.24. The highest BCUT2D eigenvalue weighted by atomic mass is 19.4. The van der Waals surface area contributed by atoms with Crippen molar-refractivity contribution in [2.45, 2.75) is 38.4 Å². The lowest BCUT2D eigenvalue weighted by atomic mass is 10.0. The molecule has 46 heavy (non-hydrogen) atoms. The van der Waals surface area contributed by atoms with Crippen molar-refractivity contribution < 1.29 is 45.6 Å². The zero-order valence-corrected chi connectivity index (χ0v) is 25.5. The van der Waals surface area contributed by atoms with Crippen molar-refractivity contribution in [3.05, 3.63) is 64.6 Å². The number of hydrogen-bond donors (Lipinski definition) is 2. The number of alkyl halides is 4. The Balaban J connectivity index is 1.67. The third kappa shape index (κ3) is 7.94. The fraction of sp³-hybridized carbons (Fsp3) is 0.387. The summed E-state index contributed by atoms with van der Waals surface area (Å²) < 4.78 is 81.9. The Kier molecular flexibility index (Phi) is 10.9. The average Bonchev–Trinajstić information content (AvgIpc) is 3.01. The summed E-state index contributed by atoms with van der Waals surface area (Å²) in [4.78, 5) is 35.7. The predicted octanol–water partition coefficient (Wildman–Crippen LogP) is 5.39. The zero-order valence-electron chi connectivity index (χ0n) is 25.5. The Bertz CT molecular complexity index is 1610. The number of anilines is 2. The third-order valence-corrected chi connectivity index (χ3v) is 7.45. The van der Waals surface area contributed by atoms with Crippen LogP contribution in [0.4, 0.5) is 33.6 Å². The molecule has 2 N–H and O–H groups in total. The molecule has 0 radical (unpaired) electrons. The summed E-state index contributed by atoms with van der Waals surface area (Å²) in [6.07, 6.45) is -2.76. The van der Waals surface area contributed by atoms with Crippen LogP contribution in [0.5, 0.6) is 17.4 Å². The number of likely N-dealkylation sites (tertiary alicyclic amines) is 1. The molecule has 10 nitrogen and oxygen atoms in total. The Morgan fingerprint density at radius 2 is 1.89 bits per heavy atom. The van der Waals surface area contributed by atoms with E-state index in [2.05, 4.69) is 32.2 Å². The quantitative estimate of drug-likeness (QED) is 0.162. The normalized spacial score (nSPS) is 14.1. The first kappa shape index (κ1) is 34.2. The van der Waals surface area contributed by atoms with Crippen LogP contribution in [0.15, 0.2) is 36.5 Å². The number of hydrogen-bond acceptors (Lipinski definition) is 8. The molecular weight excluding hydrogens is 615 g/mol. The second-order valence-corrected chi connectivity index (χ2v) is 10.6. The van der Waals surface area contributed by atoms with Gasteiger partial charge in [0.1, 0.15) is 41.8 Å². The minimum Gasteiger partial charge on any atom is -0.495 e. The first-order chi connectivity index (χ1) is 21.9. The highest BCUT2D eigenvalue weighted by Gasteiger charge is 2.37. The van der Waals surface area contributed by atoms with Crippen molar-refractivity contribution in [1.82, 2.24) is 20.2 Å². The first-order valence-electron chi connectivity index (χ1n) is 14.4. The van der Waals surface area contributed by atoms with Gasteiger partial charge in [-0.05, 0) is 57.1 Å². The molecule has 2 heterocycles. The Morgan fingerprint density at radius 3 is 2.52 bits per heavy atom. The summed E-state index contributed by atoms with van der Waals surface area (Å²) in [6, 6.07) is 6.33. The van der Waals surface area contributed by atoms with E-state index in [-0.39, 0.29) is 40.9 Å². The molecule has 15 heteroatoms. The van der Waals surface area contributed by atoms with Gasteiger partial charge in [-0.15, -0.1) is 0 Å². The molecule has 4 rings (SSSR count). The van der Waals surface area contributed by atoms with Gasteiger partial charge >= 0.3 is 12.1 Å². The molecular formula is C31H34F5N6O4+. The number of carbonyl (C=O) groups is 2. The number of carbonyl (C=O) groups excluding carboxylic acids is 2. The molecule has 0 atom stereocenters. The number of aryl methyl sites for hydroxylation is 1. The van der Waals surface area contributed by atoms with E-state index in [9.17, 15) is 27.2 Å². The number of halogens is 5. The molecule has 1 aliphatic heterocycles. The Hall–Kier alpha value is -4.66. The summed E-state index contributed by atoms with van der Waals surface area (Å²) in [5.41, 5.74) is -1.39. The lowest BCUT2D eigenvalue weighted by Crippen LogP contribution is -2.43. The van der Waals surface area contributed by atoms with Gasteiger partial charge in [-0.3, -0.25) is 4.79 Å². The second kappa shape index (κ2) is 14.6. The van der Waals surface area contributed by atoms with Gasteiger partial charge in [-0.25, -0.2) is 18.6 Å². The third-order valence-electron chi connectivity index (χ3n) is 7.45. The molecule has 1 fully saturated rings. The topological polar surface area (TPSA) is 109 Å². The van der Waals surface area contributed by atoms with Gasteiger partial charge < -0.3 is 25.0 Å². The smallest absolute Gasteiger partial charge is 0.423 e. The van der Waals surface area contributed by atoms with E-state index >= 15 is 4.39 Å². The van der Waals surface area contributed by atoms with E-state index in [1.165, 1.54) is 25.3 Å². The van der Waals surface area contributed by atoms with Crippen LogP contribution < -0.4 is 20.1 Å². The van der Waals surface area contributed by atoms with E-state index in [4.69, 9.17) is 9.47 Å². The number of methoxy groups -OCH3 is 1. The van der Waals surface area contributed by atoms with Gasteiger partial charge in [0.15, 0.2) is 6.54 Å². The van der Waals surface area contributed by atoms with Crippen LogP contribution in [0.1, 0.15) is 51.6 Å². The number of ether oxygens (including phenoxy) is 2. The molecule has 2 aromatic carbocycles. The standard InChI is InChI=1S/C31H33F5N6O4/c1-5-18-7-6-8-24(26(18)29(44)42(3)14-11-32)46-28-21(31(34,35)36)17-37-30(40-28)39-23-16-22(33)20(15-25(23)45-4)27(43)38-19-9-12-41(2)13-10-19/h6-8,15-17,19H,3,5,9-14H2,1-2,4H3,(H-,37,38,39,40,43)/p+1. The monoisotopic (exact) mass is 649 g/mol. The number of benzene rings is 2. The van der Waals surface area contributed by atoms with Crippen LogP contribution in [0.25, 0.3) is 0 Å². The van der Waals surface area contributed by atoms with Gasteiger partial charge in [-0.1, -0.05) is 19.1 Å². The highest BCUT2D eigenvalue weighted by molar-refractivity contribution is 5.96. The molecule has 0 spiro atoms. The average molecular weight is 650 g/mol. The number of nitrogens with zero attached hydrogens (tertiary/aromatic N) is 4. The number of rotatable bonds is 11. The van der Waals surface area contributed by atoms with Gasteiger partial charge in [0, 0.05) is 18.3 Å². The van der Waals surface area contributed by atoms with E-state index < -0.39 is 47.9 Å². The number of amides is 2. The first-order valence-corrected chi connectivity index (χ1v) is 14.4. The van der Waals surface area contributed by atoms with Crippen molar-refractivity contribution in [2.24, 2.45) is 0 Å². The molecule has 1 saturated heterocycles. The summed E-state index contributed by atoms with van der Waals surface area (Å²) in [6.45, 7) is 5.59. The summed E-state index contributed by atoms with van der Waals surface area (Å²) in [5.74, 6) is -3.97. The zero-order chi connectivity index (χ0) is 33.6. The summed E-state index contributed by atoms with van der Waals surface area (Å²) >= 11 is 0. The molecule has 1 aromatic heterocycles. The van der Waals surface area contributed by atoms with Crippen molar-refractivity contribution in [1.29, 1.82) is 0 Å². The maximum atomic E-state index is 15.2. The molecule has 2 amide bonds. The van der Waals surface area contributed by atoms with Crippen LogP contribution in [0.3, 0.4) is 0 Å². The van der Waals surface area contributed by atoms with E-state index in [1.807, 2.05) is 7.05 Å². The Morgan fingerprint density at radius 1 is 1.17 bits per heavy atom. The van der Waals surface area contributed by atoms with Crippen LogP contribution in [0.2, 0.25) is 0 Å². The van der Waals surface area contributed by atoms with E-state index in [0.29, 0.717) is 31.0 Å². The molecule has 0 unspecified atom stereocenters. The van der Waals surface area contributed by atoms with Crippen molar-refractivity contribution in [3.63, 3.8) is 0 Å². The second-order valence-electron chi connectivity index (χ2n) is 10.6. The van der Waals surface area contributed by atoms with Crippen LogP contribution in [-0.2, 0) is 12.6 Å². The van der Waals surface area contributed by atoms with Crippen LogP contribution in [-0.4, -0.2) is 84.5 Å². The lowest BCUT2D eigenvalue weighted by Gasteiger charge is -2.29. The molecule has 1 aliphatic rings.